The van der Waals surface area contributed by atoms with Crippen molar-refractivity contribution in [2.75, 3.05) is 0 Å². The lowest BCUT2D eigenvalue weighted by atomic mass is 10.1. The van der Waals surface area contributed by atoms with Gasteiger partial charge in [-0.1, -0.05) is 54.6 Å². The highest BCUT2D eigenvalue weighted by molar-refractivity contribution is 8.30. The van der Waals surface area contributed by atoms with Gasteiger partial charge in [0.05, 0.1) is 0 Å². The van der Waals surface area contributed by atoms with Crippen LogP contribution in [0.2, 0.25) is 0 Å². The molecule has 4 nitrogen and oxygen atoms in total. The molecule has 1 heterocycles. The average Bonchev–Trinajstić information content (AvgIpc) is 2.78. The van der Waals surface area contributed by atoms with Crippen LogP contribution in [0.3, 0.4) is 0 Å². The van der Waals surface area contributed by atoms with E-state index in [9.17, 15) is 9.59 Å². The van der Waals surface area contributed by atoms with Crippen LogP contribution in [0.1, 0.15) is 13.8 Å². The molecule has 3 aromatic carbocycles. The summed E-state index contributed by atoms with van der Waals surface area (Å²) in [7, 11) is -2.28. The van der Waals surface area contributed by atoms with Gasteiger partial charge in [-0.3, -0.25) is 4.79 Å². The van der Waals surface area contributed by atoms with Gasteiger partial charge in [0.1, 0.15) is 17.1 Å². The van der Waals surface area contributed by atoms with Gasteiger partial charge >= 0.3 is 5.97 Å². The van der Waals surface area contributed by atoms with Crippen molar-refractivity contribution < 1.29 is 18.5 Å². The first-order valence-corrected chi connectivity index (χ1v) is 11.4. The summed E-state index contributed by atoms with van der Waals surface area (Å²) in [5, 5.41) is 0. The Bertz CT molecular complexity index is 1070. The molecule has 156 valence electrons. The van der Waals surface area contributed by atoms with E-state index < -0.39 is 22.1 Å². The average molecular weight is 431 g/mol. The maximum absolute atomic E-state index is 12.6. The fourth-order valence-electron chi connectivity index (χ4n) is 3.52. The molecule has 31 heavy (non-hydrogen) atoms. The third-order valence-corrected chi connectivity index (χ3v) is 8.17. The van der Waals surface area contributed by atoms with Crippen LogP contribution in [0.25, 0.3) is 0 Å². The highest BCUT2D eigenvalue weighted by Crippen LogP contribution is 2.70. The summed E-state index contributed by atoms with van der Waals surface area (Å²) in [6, 6.07) is 29.7. The Morgan fingerprint density at radius 2 is 1.16 bits per heavy atom. The molecule has 0 bridgehead atoms. The van der Waals surface area contributed by atoms with Crippen molar-refractivity contribution in [3.05, 3.63) is 114 Å². The molecule has 5 heteroatoms. The zero-order chi connectivity index (χ0) is 21.8. The highest BCUT2D eigenvalue weighted by atomic mass is 32.3. The molecule has 3 aromatic rings. The summed E-state index contributed by atoms with van der Waals surface area (Å²) in [4.78, 5) is 28.0. The minimum atomic E-state index is -2.28. The van der Waals surface area contributed by atoms with E-state index in [1.165, 1.54) is 6.08 Å². The van der Waals surface area contributed by atoms with Crippen LogP contribution in [0, 0.1) is 0 Å². The maximum atomic E-state index is 12.6. The molecule has 0 atom stereocenters. The van der Waals surface area contributed by atoms with Crippen molar-refractivity contribution in [3.8, 4) is 0 Å². The van der Waals surface area contributed by atoms with E-state index in [2.05, 4.69) is 0 Å². The lowest BCUT2D eigenvalue weighted by Gasteiger charge is -2.41. The van der Waals surface area contributed by atoms with Crippen LogP contribution in [-0.4, -0.2) is 11.8 Å². The predicted molar refractivity (Wildman–Crippen MR) is 120 cm³/mol. The van der Waals surface area contributed by atoms with Gasteiger partial charge in [-0.25, -0.2) is 4.79 Å². The molecule has 1 aliphatic rings. The van der Waals surface area contributed by atoms with E-state index in [0.29, 0.717) is 0 Å². The van der Waals surface area contributed by atoms with Gasteiger partial charge in [-0.15, -0.1) is 0 Å². The van der Waals surface area contributed by atoms with Crippen LogP contribution in [0.15, 0.2) is 129 Å². The summed E-state index contributed by atoms with van der Waals surface area (Å²) in [5.74, 6) is -0.580. The number of benzene rings is 3. The second-order valence-corrected chi connectivity index (χ2v) is 9.71. The first kappa shape index (κ1) is 20.7. The number of carbonyl (C=O) groups excluding carboxylic acids is 2. The molecule has 0 radical (unpaired) electrons. The predicted octanol–water partition coefficient (Wildman–Crippen LogP) is 6.20. The zero-order valence-electron chi connectivity index (χ0n) is 17.3. The first-order valence-electron chi connectivity index (χ1n) is 9.86. The van der Waals surface area contributed by atoms with E-state index in [0.717, 1.165) is 14.7 Å². The van der Waals surface area contributed by atoms with Crippen molar-refractivity contribution in [1.29, 1.82) is 0 Å². The summed E-state index contributed by atoms with van der Waals surface area (Å²) < 4.78 is 11.9. The molecular weight excluding hydrogens is 408 g/mol. The standard InChI is InChI=1S/C26H22O4S/c1-19-18-24(27)25(26(28)29-19)20(2)30-31(21-12-6-3-7-13-21,22-14-8-4-9-15-22)23-16-10-5-11-17-23/h3-18H,1-2H3/b25-20+. The van der Waals surface area contributed by atoms with Crippen molar-refractivity contribution >= 4 is 22.1 Å². The number of ketones is 1. The van der Waals surface area contributed by atoms with Gasteiger partial charge in [0, 0.05) is 20.8 Å². The fourth-order valence-corrected chi connectivity index (χ4v) is 6.70. The summed E-state index contributed by atoms with van der Waals surface area (Å²) in [5.41, 5.74) is -0.0785. The molecule has 0 spiro atoms. The Morgan fingerprint density at radius 3 is 1.55 bits per heavy atom. The van der Waals surface area contributed by atoms with E-state index in [1.807, 2.05) is 91.0 Å². The number of hydrogen-bond acceptors (Lipinski definition) is 4. The molecule has 0 aliphatic carbocycles. The van der Waals surface area contributed by atoms with Gasteiger partial charge in [0.15, 0.2) is 5.78 Å². The summed E-state index contributed by atoms with van der Waals surface area (Å²) in [6.45, 7) is 3.23. The lowest BCUT2D eigenvalue weighted by molar-refractivity contribution is -0.137. The van der Waals surface area contributed by atoms with E-state index in [-0.39, 0.29) is 17.1 Å². The quantitative estimate of drug-likeness (QED) is 0.209. The number of cyclic esters (lactones) is 1. The van der Waals surface area contributed by atoms with Crippen molar-refractivity contribution in [2.24, 2.45) is 0 Å². The molecule has 0 saturated heterocycles. The number of rotatable bonds is 5. The zero-order valence-corrected chi connectivity index (χ0v) is 18.1. The van der Waals surface area contributed by atoms with Gasteiger partial charge < -0.3 is 8.92 Å². The monoisotopic (exact) mass is 430 g/mol. The molecule has 0 N–H and O–H groups in total. The SMILES string of the molecule is CC1=CC(=O)/C(=C(/C)OS(c2ccccc2)(c2ccccc2)c2ccccc2)C(=O)O1. The molecule has 1 aliphatic heterocycles. The number of allylic oxidation sites excluding steroid dienone is 3. The van der Waals surface area contributed by atoms with E-state index in [4.69, 9.17) is 8.92 Å². The number of esters is 1. The van der Waals surface area contributed by atoms with Gasteiger partial charge in [-0.05, 0) is 60.6 Å². The second-order valence-electron chi connectivity index (χ2n) is 7.02. The number of hydrogen-bond donors (Lipinski definition) is 0. The van der Waals surface area contributed by atoms with Crippen LogP contribution < -0.4 is 0 Å². The Labute approximate surface area is 183 Å². The molecule has 4 rings (SSSR count). The molecule has 0 fully saturated rings. The largest absolute Gasteiger partial charge is 0.440 e. The molecule has 0 amide bonds. The Kier molecular flexibility index (Phi) is 5.78. The van der Waals surface area contributed by atoms with Crippen LogP contribution in [0.4, 0.5) is 0 Å². The van der Waals surface area contributed by atoms with Gasteiger partial charge in [-0.2, -0.15) is 0 Å². The summed E-state index contributed by atoms with van der Waals surface area (Å²) >= 11 is 0. The Balaban J connectivity index is 1.98. The maximum Gasteiger partial charge on any atom is 0.350 e. The van der Waals surface area contributed by atoms with Gasteiger partial charge in [0.2, 0.25) is 0 Å². The van der Waals surface area contributed by atoms with Crippen LogP contribution >= 0.6 is 10.3 Å². The molecule has 0 unspecified atom stereocenters. The molecule has 0 aromatic heterocycles. The smallest absolute Gasteiger partial charge is 0.350 e. The number of ether oxygens (including phenoxy) is 1. The Hall–Kier alpha value is -3.57. The van der Waals surface area contributed by atoms with Crippen molar-refractivity contribution in [3.63, 3.8) is 0 Å². The first-order chi connectivity index (χ1) is 15.0. The van der Waals surface area contributed by atoms with E-state index in [1.54, 1.807) is 13.8 Å². The third-order valence-electron chi connectivity index (χ3n) is 4.87. The normalized spacial score (nSPS) is 16.3. The third kappa shape index (κ3) is 3.92. The van der Waals surface area contributed by atoms with Gasteiger partial charge in [0.25, 0.3) is 0 Å². The molecule has 0 saturated carbocycles. The number of carbonyl (C=O) groups is 2. The molecular formula is C26H22O4S. The van der Waals surface area contributed by atoms with Crippen molar-refractivity contribution in [2.45, 2.75) is 28.5 Å². The highest BCUT2D eigenvalue weighted by Gasteiger charge is 2.36. The van der Waals surface area contributed by atoms with Crippen LogP contribution in [-0.2, 0) is 18.5 Å². The Morgan fingerprint density at radius 1 is 0.742 bits per heavy atom. The topological polar surface area (TPSA) is 52.6 Å². The van der Waals surface area contributed by atoms with Crippen molar-refractivity contribution in [1.82, 2.24) is 0 Å². The lowest BCUT2D eigenvalue weighted by Crippen LogP contribution is -2.22. The summed E-state index contributed by atoms with van der Waals surface area (Å²) in [6.07, 6.45) is 1.31. The van der Waals surface area contributed by atoms with Crippen LogP contribution in [0.5, 0.6) is 0 Å². The second kappa shape index (κ2) is 8.66. The van der Waals surface area contributed by atoms with E-state index >= 15 is 0 Å². The fraction of sp³-hybridized carbons (Fsp3) is 0.0769. The minimum Gasteiger partial charge on any atom is -0.440 e. The minimum absolute atomic E-state index is 0.0785.